The predicted octanol–water partition coefficient (Wildman–Crippen LogP) is 3.27. The summed E-state index contributed by atoms with van der Waals surface area (Å²) in [7, 11) is 0. The Hall–Kier alpha value is -1.32. The summed E-state index contributed by atoms with van der Waals surface area (Å²) in [4.78, 5) is 1.15. The van der Waals surface area contributed by atoms with Gasteiger partial charge in [0, 0.05) is 22.6 Å². The number of hydrogen-bond acceptors (Lipinski definition) is 3. The summed E-state index contributed by atoms with van der Waals surface area (Å²) in [5.74, 6) is 0.715. The number of hydrogen-bond donors (Lipinski definition) is 0. The van der Waals surface area contributed by atoms with Gasteiger partial charge in [-0.2, -0.15) is 10.5 Å². The molecule has 3 heteroatoms. The lowest BCUT2D eigenvalue weighted by Gasteiger charge is -2.15. The fourth-order valence-corrected chi connectivity index (χ4v) is 2.48. The van der Waals surface area contributed by atoms with Crippen molar-refractivity contribution in [3.63, 3.8) is 0 Å². The monoisotopic (exact) mass is 204 g/mol. The van der Waals surface area contributed by atoms with Crippen LogP contribution in [0, 0.1) is 28.6 Å². The highest BCUT2D eigenvalue weighted by molar-refractivity contribution is 7.10. The molecule has 0 aliphatic rings. The molecule has 1 heterocycles. The molecule has 72 valence electrons. The van der Waals surface area contributed by atoms with E-state index in [2.05, 4.69) is 26.0 Å². The Labute approximate surface area is 88.4 Å². The maximum atomic E-state index is 8.70. The number of thiophene rings is 1. The minimum absolute atomic E-state index is 0.270. The van der Waals surface area contributed by atoms with Crippen LogP contribution in [0.4, 0.5) is 0 Å². The summed E-state index contributed by atoms with van der Waals surface area (Å²) >= 11 is 1.58. The van der Waals surface area contributed by atoms with Crippen LogP contribution >= 0.6 is 11.3 Å². The Bertz CT molecular complexity index is 379. The van der Waals surface area contributed by atoms with E-state index in [1.165, 1.54) is 0 Å². The quantitative estimate of drug-likeness (QED) is 0.758. The van der Waals surface area contributed by atoms with Crippen LogP contribution in [0.25, 0.3) is 0 Å². The molecule has 14 heavy (non-hydrogen) atoms. The van der Waals surface area contributed by atoms with Crippen molar-refractivity contribution < 1.29 is 0 Å². The molecule has 0 saturated carbocycles. The maximum absolute atomic E-state index is 8.70. The second-order valence-corrected chi connectivity index (χ2v) is 4.51. The molecule has 0 saturated heterocycles. The summed E-state index contributed by atoms with van der Waals surface area (Å²) in [5.41, 5.74) is 0.702. The average Bonchev–Trinajstić information content (AvgIpc) is 2.61. The van der Waals surface area contributed by atoms with Crippen LogP contribution in [0.3, 0.4) is 0 Å². The first-order valence-electron chi connectivity index (χ1n) is 4.54. The number of rotatable bonds is 3. The van der Waals surface area contributed by atoms with Gasteiger partial charge in [-0.05, 0) is 12.0 Å². The van der Waals surface area contributed by atoms with Gasteiger partial charge in [-0.25, -0.2) is 0 Å². The molecule has 0 aromatic carbocycles. The molecular weight excluding hydrogens is 192 g/mol. The topological polar surface area (TPSA) is 47.6 Å². The Morgan fingerprint density at radius 1 is 1.43 bits per heavy atom. The van der Waals surface area contributed by atoms with Gasteiger partial charge < -0.3 is 0 Å². The van der Waals surface area contributed by atoms with Gasteiger partial charge in [-0.15, -0.1) is 11.3 Å². The molecule has 0 aliphatic heterocycles. The van der Waals surface area contributed by atoms with Crippen LogP contribution in [0.5, 0.6) is 0 Å². The Morgan fingerprint density at radius 2 is 2.14 bits per heavy atom. The van der Waals surface area contributed by atoms with Gasteiger partial charge in [-0.1, -0.05) is 13.8 Å². The van der Waals surface area contributed by atoms with Crippen LogP contribution in [0.2, 0.25) is 0 Å². The lowest BCUT2D eigenvalue weighted by Crippen LogP contribution is -2.03. The van der Waals surface area contributed by atoms with Gasteiger partial charge in [0.25, 0.3) is 0 Å². The van der Waals surface area contributed by atoms with E-state index < -0.39 is 0 Å². The third-order valence-corrected chi connectivity index (χ3v) is 3.29. The van der Waals surface area contributed by atoms with Gasteiger partial charge in [0.15, 0.2) is 0 Å². The number of nitriles is 2. The van der Waals surface area contributed by atoms with Crippen molar-refractivity contribution in [1.29, 1.82) is 10.5 Å². The van der Waals surface area contributed by atoms with Crippen molar-refractivity contribution >= 4 is 11.3 Å². The zero-order valence-corrected chi connectivity index (χ0v) is 9.14. The fraction of sp³-hybridized carbons (Fsp3) is 0.455. The molecule has 1 unspecified atom stereocenters. The van der Waals surface area contributed by atoms with E-state index in [4.69, 9.17) is 10.5 Å². The molecule has 0 spiro atoms. The van der Waals surface area contributed by atoms with Crippen LogP contribution in [0.1, 0.15) is 36.6 Å². The van der Waals surface area contributed by atoms with Crippen molar-refractivity contribution in [2.75, 3.05) is 0 Å². The van der Waals surface area contributed by atoms with E-state index in [-0.39, 0.29) is 5.92 Å². The lowest BCUT2D eigenvalue weighted by atomic mass is 9.91. The van der Waals surface area contributed by atoms with Crippen LogP contribution in [-0.2, 0) is 0 Å². The fourth-order valence-electron chi connectivity index (χ4n) is 1.37. The highest BCUT2D eigenvalue weighted by Gasteiger charge is 2.17. The zero-order chi connectivity index (χ0) is 10.6. The van der Waals surface area contributed by atoms with Gasteiger partial charge in [0.1, 0.15) is 6.07 Å². The molecule has 0 amide bonds. The third kappa shape index (κ3) is 2.34. The van der Waals surface area contributed by atoms with Crippen molar-refractivity contribution in [3.8, 4) is 12.1 Å². The highest BCUT2D eigenvalue weighted by atomic mass is 32.1. The van der Waals surface area contributed by atoms with Crippen LogP contribution < -0.4 is 0 Å². The van der Waals surface area contributed by atoms with Gasteiger partial charge >= 0.3 is 0 Å². The first-order valence-corrected chi connectivity index (χ1v) is 5.42. The Balaban J connectivity index is 2.90. The number of nitrogens with zero attached hydrogens (tertiary/aromatic N) is 2. The van der Waals surface area contributed by atoms with E-state index >= 15 is 0 Å². The normalized spacial score (nSPS) is 12.1. The van der Waals surface area contributed by atoms with Gasteiger partial charge in [-0.3, -0.25) is 0 Å². The Morgan fingerprint density at radius 3 is 2.57 bits per heavy atom. The van der Waals surface area contributed by atoms with E-state index in [9.17, 15) is 0 Å². The van der Waals surface area contributed by atoms with Crippen molar-refractivity contribution in [2.24, 2.45) is 5.92 Å². The lowest BCUT2D eigenvalue weighted by molar-refractivity contribution is 0.513. The van der Waals surface area contributed by atoms with Crippen LogP contribution in [-0.4, -0.2) is 0 Å². The molecule has 1 atom stereocenters. The maximum Gasteiger partial charge on any atom is 0.100 e. The summed E-state index contributed by atoms with van der Waals surface area (Å²) in [5, 5.41) is 19.2. The van der Waals surface area contributed by atoms with Gasteiger partial charge in [0.2, 0.25) is 0 Å². The molecule has 0 N–H and O–H groups in total. The SMILES string of the molecule is CC(C)C(CC#N)c1cc(C#N)cs1. The molecule has 0 radical (unpaired) electrons. The van der Waals surface area contributed by atoms with E-state index in [0.29, 0.717) is 17.9 Å². The summed E-state index contributed by atoms with van der Waals surface area (Å²) in [6.07, 6.45) is 0.531. The van der Waals surface area contributed by atoms with Gasteiger partial charge in [0.05, 0.1) is 11.6 Å². The molecule has 0 aliphatic carbocycles. The molecular formula is C11H12N2S. The van der Waals surface area contributed by atoms with E-state index in [1.54, 1.807) is 11.3 Å². The third-order valence-electron chi connectivity index (χ3n) is 2.23. The minimum atomic E-state index is 0.270. The van der Waals surface area contributed by atoms with Crippen molar-refractivity contribution in [2.45, 2.75) is 26.2 Å². The second-order valence-electron chi connectivity index (χ2n) is 3.56. The second kappa shape index (κ2) is 4.79. The van der Waals surface area contributed by atoms with E-state index in [1.807, 2.05) is 11.4 Å². The largest absolute Gasteiger partial charge is 0.198 e. The summed E-state index contributed by atoms with van der Waals surface area (Å²) in [6, 6.07) is 6.20. The molecule has 0 bridgehead atoms. The molecule has 1 rings (SSSR count). The van der Waals surface area contributed by atoms with Crippen molar-refractivity contribution in [1.82, 2.24) is 0 Å². The van der Waals surface area contributed by atoms with Crippen molar-refractivity contribution in [3.05, 3.63) is 21.9 Å². The van der Waals surface area contributed by atoms with Crippen LogP contribution in [0.15, 0.2) is 11.4 Å². The summed E-state index contributed by atoms with van der Waals surface area (Å²) < 4.78 is 0. The zero-order valence-electron chi connectivity index (χ0n) is 8.32. The van der Waals surface area contributed by atoms with E-state index in [0.717, 1.165) is 4.88 Å². The minimum Gasteiger partial charge on any atom is -0.198 e. The highest BCUT2D eigenvalue weighted by Crippen LogP contribution is 2.32. The first kappa shape index (κ1) is 10.8. The average molecular weight is 204 g/mol. The molecule has 2 nitrogen and oxygen atoms in total. The smallest absolute Gasteiger partial charge is 0.100 e. The molecule has 1 aromatic rings. The predicted molar refractivity (Wildman–Crippen MR) is 56.8 cm³/mol. The standard InChI is InChI=1S/C11H12N2S/c1-8(2)10(3-4-12)11-5-9(6-13)7-14-11/h5,7-8,10H,3H2,1-2H3. The first-order chi connectivity index (χ1) is 6.69. The Kier molecular flexibility index (Phi) is 3.68. The summed E-state index contributed by atoms with van der Waals surface area (Å²) in [6.45, 7) is 4.21. The molecule has 0 fully saturated rings. The molecule has 1 aromatic heterocycles.